The van der Waals surface area contributed by atoms with Crippen molar-refractivity contribution < 1.29 is 13.2 Å². The first-order valence-electron chi connectivity index (χ1n) is 4.46. The molecule has 1 atom stereocenters. The molecule has 0 aromatic rings. The van der Waals surface area contributed by atoms with E-state index in [1.807, 2.05) is 6.07 Å². The Bertz CT molecular complexity index is 281. The van der Waals surface area contributed by atoms with E-state index in [4.69, 9.17) is 10.00 Å². The van der Waals surface area contributed by atoms with Gasteiger partial charge in [0.1, 0.15) is 0 Å². The van der Waals surface area contributed by atoms with Gasteiger partial charge in [-0.1, -0.05) is 0 Å². The van der Waals surface area contributed by atoms with Crippen molar-refractivity contribution in [2.45, 2.75) is 26.3 Å². The van der Waals surface area contributed by atoms with E-state index < -0.39 is 10.0 Å². The smallest absolute Gasteiger partial charge is 0.214 e. The van der Waals surface area contributed by atoms with Crippen LogP contribution in [0, 0.1) is 11.3 Å². The van der Waals surface area contributed by atoms with Crippen LogP contribution < -0.4 is 4.72 Å². The Hall–Kier alpha value is -0.640. The number of hydrogen-bond donors (Lipinski definition) is 1. The van der Waals surface area contributed by atoms with Gasteiger partial charge in [-0.25, -0.2) is 13.1 Å². The van der Waals surface area contributed by atoms with Crippen LogP contribution in [-0.2, 0) is 14.8 Å². The number of nitrogens with zero attached hydrogens (tertiary/aromatic N) is 1. The predicted molar refractivity (Wildman–Crippen MR) is 53.1 cm³/mol. The zero-order valence-electron chi connectivity index (χ0n) is 8.49. The number of sulfonamides is 1. The number of nitrogens with one attached hydrogen (secondary N) is 1. The summed E-state index contributed by atoms with van der Waals surface area (Å²) in [6.07, 6.45) is 0.174. The SMILES string of the molecule is CCOCCS(=O)(=O)NC(C)CC#N. The first-order valence-corrected chi connectivity index (χ1v) is 6.11. The van der Waals surface area contributed by atoms with Gasteiger partial charge in [0.05, 0.1) is 24.8 Å². The van der Waals surface area contributed by atoms with Crippen LogP contribution in [0.4, 0.5) is 0 Å². The van der Waals surface area contributed by atoms with Gasteiger partial charge in [-0.05, 0) is 13.8 Å². The highest BCUT2D eigenvalue weighted by molar-refractivity contribution is 7.89. The van der Waals surface area contributed by atoms with E-state index in [2.05, 4.69) is 4.72 Å². The molecule has 0 aromatic heterocycles. The summed E-state index contributed by atoms with van der Waals surface area (Å²) in [7, 11) is -3.30. The van der Waals surface area contributed by atoms with Crippen LogP contribution in [-0.4, -0.2) is 33.4 Å². The zero-order chi connectivity index (χ0) is 11.0. The summed E-state index contributed by atoms with van der Waals surface area (Å²) < 4.78 is 29.9. The minimum Gasteiger partial charge on any atom is -0.381 e. The molecular weight excluding hydrogens is 204 g/mol. The maximum Gasteiger partial charge on any atom is 0.214 e. The monoisotopic (exact) mass is 220 g/mol. The second kappa shape index (κ2) is 6.76. The van der Waals surface area contributed by atoms with Gasteiger partial charge < -0.3 is 4.74 Å². The molecule has 82 valence electrons. The molecule has 0 radical (unpaired) electrons. The Morgan fingerprint density at radius 1 is 1.57 bits per heavy atom. The van der Waals surface area contributed by atoms with E-state index in [-0.39, 0.29) is 24.8 Å². The molecule has 0 saturated heterocycles. The summed E-state index contributed by atoms with van der Waals surface area (Å²) in [6.45, 7) is 4.15. The molecule has 1 N–H and O–H groups in total. The fourth-order valence-electron chi connectivity index (χ4n) is 0.857. The molecule has 0 heterocycles. The molecular formula is C8H16N2O3S. The van der Waals surface area contributed by atoms with Crippen molar-refractivity contribution in [2.24, 2.45) is 0 Å². The molecule has 1 unspecified atom stereocenters. The van der Waals surface area contributed by atoms with Crippen molar-refractivity contribution in [3.63, 3.8) is 0 Å². The van der Waals surface area contributed by atoms with E-state index in [1.54, 1.807) is 13.8 Å². The Balaban J connectivity index is 3.90. The minimum atomic E-state index is -3.30. The van der Waals surface area contributed by atoms with Crippen LogP contribution in [0.1, 0.15) is 20.3 Å². The maximum absolute atomic E-state index is 11.3. The molecule has 0 rings (SSSR count). The molecule has 0 spiro atoms. The van der Waals surface area contributed by atoms with Crippen molar-refractivity contribution in [2.75, 3.05) is 19.0 Å². The lowest BCUT2D eigenvalue weighted by atomic mass is 10.3. The van der Waals surface area contributed by atoms with Crippen LogP contribution in [0.25, 0.3) is 0 Å². The molecule has 0 aromatic carbocycles. The van der Waals surface area contributed by atoms with Gasteiger partial charge in [0.2, 0.25) is 10.0 Å². The standard InChI is InChI=1S/C8H16N2O3S/c1-3-13-6-7-14(11,12)10-8(2)4-5-9/h8,10H,3-4,6-7H2,1-2H3. The highest BCUT2D eigenvalue weighted by Gasteiger charge is 2.13. The molecule has 0 aliphatic heterocycles. The number of rotatable bonds is 7. The molecule has 0 fully saturated rings. The molecule has 0 aliphatic carbocycles. The highest BCUT2D eigenvalue weighted by Crippen LogP contribution is 1.93. The van der Waals surface area contributed by atoms with Crippen LogP contribution in [0.3, 0.4) is 0 Å². The van der Waals surface area contributed by atoms with Gasteiger partial charge in [-0.15, -0.1) is 0 Å². The molecule has 0 saturated carbocycles. The molecule has 0 bridgehead atoms. The molecule has 6 heteroatoms. The minimum absolute atomic E-state index is 0.0589. The summed E-state index contributed by atoms with van der Waals surface area (Å²) >= 11 is 0. The zero-order valence-corrected chi connectivity index (χ0v) is 9.30. The van der Waals surface area contributed by atoms with Crippen molar-refractivity contribution >= 4 is 10.0 Å². The molecule has 0 amide bonds. The summed E-state index contributed by atoms with van der Waals surface area (Å²) in [4.78, 5) is 0. The van der Waals surface area contributed by atoms with Gasteiger partial charge >= 0.3 is 0 Å². The van der Waals surface area contributed by atoms with Crippen LogP contribution in [0.2, 0.25) is 0 Å². The second-order valence-corrected chi connectivity index (χ2v) is 4.77. The van der Waals surface area contributed by atoms with Crippen molar-refractivity contribution in [1.29, 1.82) is 5.26 Å². The van der Waals surface area contributed by atoms with Gasteiger partial charge in [0, 0.05) is 12.6 Å². The lowest BCUT2D eigenvalue weighted by Gasteiger charge is -2.10. The van der Waals surface area contributed by atoms with Gasteiger partial charge in [-0.2, -0.15) is 5.26 Å². The van der Waals surface area contributed by atoms with Crippen LogP contribution >= 0.6 is 0 Å². The Morgan fingerprint density at radius 3 is 2.71 bits per heavy atom. The lowest BCUT2D eigenvalue weighted by Crippen LogP contribution is -2.35. The molecule has 5 nitrogen and oxygen atoms in total. The van der Waals surface area contributed by atoms with E-state index in [1.165, 1.54) is 0 Å². The topological polar surface area (TPSA) is 79.2 Å². The van der Waals surface area contributed by atoms with Gasteiger partial charge in [0.15, 0.2) is 0 Å². The first kappa shape index (κ1) is 13.4. The quantitative estimate of drug-likeness (QED) is 0.623. The third-order valence-electron chi connectivity index (χ3n) is 1.48. The van der Waals surface area contributed by atoms with E-state index >= 15 is 0 Å². The van der Waals surface area contributed by atoms with Crippen LogP contribution in [0.15, 0.2) is 0 Å². The number of hydrogen-bond acceptors (Lipinski definition) is 4. The Morgan fingerprint density at radius 2 is 2.21 bits per heavy atom. The van der Waals surface area contributed by atoms with Gasteiger partial charge in [0.25, 0.3) is 0 Å². The number of nitriles is 1. The largest absolute Gasteiger partial charge is 0.381 e. The maximum atomic E-state index is 11.3. The average Bonchev–Trinajstić information content (AvgIpc) is 2.03. The highest BCUT2D eigenvalue weighted by atomic mass is 32.2. The summed E-state index contributed by atoms with van der Waals surface area (Å²) in [5.41, 5.74) is 0. The lowest BCUT2D eigenvalue weighted by molar-refractivity contribution is 0.163. The number of ether oxygens (including phenoxy) is 1. The average molecular weight is 220 g/mol. The Labute approximate surface area is 85.1 Å². The predicted octanol–water partition coefficient (Wildman–Crippen LogP) is 0.244. The van der Waals surface area contributed by atoms with E-state index in [0.717, 1.165) is 0 Å². The third-order valence-corrected chi connectivity index (χ3v) is 2.94. The normalized spacial score (nSPS) is 13.5. The summed E-state index contributed by atoms with van der Waals surface area (Å²) in [5, 5.41) is 8.34. The fraction of sp³-hybridized carbons (Fsp3) is 0.875. The molecule has 0 aliphatic rings. The van der Waals surface area contributed by atoms with Gasteiger partial charge in [-0.3, -0.25) is 0 Å². The molecule has 14 heavy (non-hydrogen) atoms. The second-order valence-electron chi connectivity index (χ2n) is 2.90. The van der Waals surface area contributed by atoms with E-state index in [0.29, 0.717) is 6.61 Å². The third kappa shape index (κ3) is 6.83. The van der Waals surface area contributed by atoms with Crippen molar-refractivity contribution in [3.8, 4) is 6.07 Å². The fourth-order valence-corrected chi connectivity index (χ4v) is 2.01. The first-order chi connectivity index (χ1) is 6.52. The van der Waals surface area contributed by atoms with Crippen molar-refractivity contribution in [1.82, 2.24) is 4.72 Å². The van der Waals surface area contributed by atoms with Crippen molar-refractivity contribution in [3.05, 3.63) is 0 Å². The Kier molecular flexibility index (Phi) is 6.45. The van der Waals surface area contributed by atoms with Crippen LogP contribution in [0.5, 0.6) is 0 Å². The summed E-state index contributed by atoms with van der Waals surface area (Å²) in [5.74, 6) is -0.0589. The van der Waals surface area contributed by atoms with E-state index in [9.17, 15) is 8.42 Å². The summed E-state index contributed by atoms with van der Waals surface area (Å²) in [6, 6.07) is 1.56.